The number of carbonyl (C=O) groups is 3. The van der Waals surface area contributed by atoms with Gasteiger partial charge in [0.15, 0.2) is 0 Å². The van der Waals surface area contributed by atoms with Gasteiger partial charge in [0.1, 0.15) is 10.6 Å². The van der Waals surface area contributed by atoms with Crippen molar-refractivity contribution in [3.63, 3.8) is 0 Å². The van der Waals surface area contributed by atoms with Crippen LogP contribution in [0.1, 0.15) is 79.0 Å². The molecule has 0 radical (unpaired) electrons. The third kappa shape index (κ3) is 7.27. The number of aromatic nitrogens is 1. The molecule has 0 atom stereocenters. The summed E-state index contributed by atoms with van der Waals surface area (Å²) in [4.78, 5) is 59.2. The van der Waals surface area contributed by atoms with Gasteiger partial charge in [0.2, 0.25) is 5.78 Å². The maximum absolute atomic E-state index is 13.0. The monoisotopic (exact) mass is 611 g/mol. The van der Waals surface area contributed by atoms with E-state index in [0.29, 0.717) is 25.9 Å². The van der Waals surface area contributed by atoms with Gasteiger partial charge in [-0.1, -0.05) is 6.92 Å². The molecule has 11 heteroatoms. The zero-order valence-electron chi connectivity index (χ0n) is 24.5. The van der Waals surface area contributed by atoms with Crippen LogP contribution in [0.25, 0.3) is 5.00 Å². The number of hydrogen-bond donors (Lipinski definition) is 1. The molecule has 0 spiro atoms. The van der Waals surface area contributed by atoms with Crippen molar-refractivity contribution in [2.45, 2.75) is 91.2 Å². The van der Waals surface area contributed by atoms with Crippen molar-refractivity contribution in [1.29, 1.82) is 0 Å². The van der Waals surface area contributed by atoms with Crippen LogP contribution in [-0.2, 0) is 62.6 Å². The van der Waals surface area contributed by atoms with E-state index in [4.69, 9.17) is 14.3 Å². The van der Waals surface area contributed by atoms with Gasteiger partial charge < -0.3 is 19.5 Å². The minimum Gasteiger partial charge on any atom is -0.444 e. The van der Waals surface area contributed by atoms with Gasteiger partial charge in [0.05, 0.1) is 11.5 Å². The number of fused-ring (bicyclic) bond motifs is 2. The number of Topliss-reactive ketones (excluding diaryl/α,β-unsaturated/α-hetero) is 1. The molecule has 0 bridgehead atoms. The first-order valence-corrected chi connectivity index (χ1v) is 15.9. The van der Waals surface area contributed by atoms with E-state index < -0.39 is 17.3 Å². The number of carbonyl (C=O) groups excluding carboxylic acids is 5. The molecular weight excluding hydrogens is 574 g/mol. The van der Waals surface area contributed by atoms with Crippen molar-refractivity contribution in [3.8, 4) is 5.00 Å². The number of anilines is 1. The second-order valence-electron chi connectivity index (χ2n) is 11.4. The van der Waals surface area contributed by atoms with Crippen LogP contribution in [0, 0.1) is 0 Å². The highest BCUT2D eigenvalue weighted by Crippen LogP contribution is 2.39. The summed E-state index contributed by atoms with van der Waals surface area (Å²) >= 11 is 3.29. The first kappa shape index (κ1) is 31.4. The van der Waals surface area contributed by atoms with E-state index >= 15 is 0 Å². The molecule has 9 nitrogen and oxygen atoms in total. The first-order chi connectivity index (χ1) is 20.1. The standard InChI is InChI=1S/C30H37N3O4S2.CO2/c1-5-19-20-10-6-7-11-24(20)38-27(19)31-26(35)23(34)13-12-22-21-14-17-33(29(36)37-30(2,3)4)18-25(21)39-28(22)32-15-8-9-16-32;2-1-3/h8-9,15-16H,5-7,10-14,17-18H2,1-4H3,(H,31,35);. The highest BCUT2D eigenvalue weighted by Gasteiger charge is 2.30. The zero-order chi connectivity index (χ0) is 30.4. The highest BCUT2D eigenvalue weighted by atomic mass is 32.1. The number of nitrogens with one attached hydrogen (secondary N) is 1. The largest absolute Gasteiger partial charge is 0.444 e. The molecule has 0 aromatic carbocycles. The predicted molar refractivity (Wildman–Crippen MR) is 161 cm³/mol. The molecule has 2 amide bonds. The number of ether oxygens (including phenoxy) is 1. The van der Waals surface area contributed by atoms with Crippen LogP contribution in [0.15, 0.2) is 24.5 Å². The lowest BCUT2D eigenvalue weighted by atomic mass is 9.94. The van der Waals surface area contributed by atoms with Crippen molar-refractivity contribution in [1.82, 2.24) is 9.47 Å². The number of rotatable bonds is 7. The highest BCUT2D eigenvalue weighted by molar-refractivity contribution is 7.16. The lowest BCUT2D eigenvalue weighted by Gasteiger charge is -2.30. The first-order valence-electron chi connectivity index (χ1n) is 14.3. The van der Waals surface area contributed by atoms with E-state index in [-0.39, 0.29) is 18.7 Å². The Balaban J connectivity index is 0.00000129. The fraction of sp³-hybridized carbons (Fsp3) is 0.484. The van der Waals surface area contributed by atoms with Gasteiger partial charge in [-0.05, 0) is 100 Å². The fourth-order valence-corrected chi connectivity index (χ4v) is 8.26. The molecule has 2 aliphatic rings. The summed E-state index contributed by atoms with van der Waals surface area (Å²) in [7, 11) is 0. The van der Waals surface area contributed by atoms with Crippen LogP contribution in [0.4, 0.5) is 9.80 Å². The topological polar surface area (TPSA) is 115 Å². The molecule has 224 valence electrons. The Morgan fingerprint density at radius 2 is 1.64 bits per heavy atom. The third-order valence-corrected chi connectivity index (χ3v) is 9.87. The van der Waals surface area contributed by atoms with E-state index in [2.05, 4.69) is 16.8 Å². The fourth-order valence-electron chi connectivity index (χ4n) is 5.50. The molecule has 5 rings (SSSR count). The maximum Gasteiger partial charge on any atom is 0.410 e. The van der Waals surface area contributed by atoms with E-state index in [9.17, 15) is 14.4 Å². The summed E-state index contributed by atoms with van der Waals surface area (Å²) in [6.07, 6.45) is 10.6. The number of nitrogens with zero attached hydrogens (tertiary/aromatic N) is 2. The molecule has 0 unspecified atom stereocenters. The van der Waals surface area contributed by atoms with Crippen molar-refractivity contribution in [3.05, 3.63) is 56.5 Å². The van der Waals surface area contributed by atoms with E-state index in [1.807, 2.05) is 45.3 Å². The number of ketones is 1. The number of hydrogen-bond acceptors (Lipinski definition) is 8. The van der Waals surface area contributed by atoms with Crippen LogP contribution < -0.4 is 5.32 Å². The smallest absolute Gasteiger partial charge is 0.410 e. The van der Waals surface area contributed by atoms with E-state index in [0.717, 1.165) is 39.7 Å². The van der Waals surface area contributed by atoms with Gasteiger partial charge in [-0.2, -0.15) is 9.59 Å². The Hall–Kier alpha value is -3.53. The van der Waals surface area contributed by atoms with Crippen LogP contribution in [0.3, 0.4) is 0 Å². The van der Waals surface area contributed by atoms with Crippen LogP contribution in [0.2, 0.25) is 0 Å². The van der Waals surface area contributed by atoms with Gasteiger partial charge in [-0.25, -0.2) is 4.79 Å². The van der Waals surface area contributed by atoms with Crippen LogP contribution in [-0.4, -0.2) is 45.5 Å². The molecule has 0 saturated heterocycles. The molecule has 1 N–H and O–H groups in total. The zero-order valence-corrected chi connectivity index (χ0v) is 26.2. The van der Waals surface area contributed by atoms with Gasteiger partial charge in [0.25, 0.3) is 5.91 Å². The Morgan fingerprint density at radius 1 is 0.976 bits per heavy atom. The summed E-state index contributed by atoms with van der Waals surface area (Å²) < 4.78 is 7.66. The minimum absolute atomic E-state index is 0.144. The molecule has 0 fully saturated rings. The summed E-state index contributed by atoms with van der Waals surface area (Å²) in [5, 5.41) is 4.86. The SMILES string of the molecule is CCc1c(NC(=O)C(=O)CCc2c(-n3cccc3)sc3c2CCN(C(=O)OC(C)(C)C)C3)sc2c1CCCC2.O=C=O. The molecule has 3 aromatic rings. The average molecular weight is 612 g/mol. The summed E-state index contributed by atoms with van der Waals surface area (Å²) in [5.74, 6) is -0.918. The molecule has 1 aliphatic heterocycles. The van der Waals surface area contributed by atoms with Crippen molar-refractivity contribution in [2.75, 3.05) is 11.9 Å². The van der Waals surface area contributed by atoms with Gasteiger partial charge in [-0.3, -0.25) is 9.59 Å². The molecular formula is C31H37N3O6S2. The Bertz CT molecular complexity index is 1470. The third-order valence-electron chi connectivity index (χ3n) is 7.35. The number of aryl methyl sites for hydroxylation is 1. The Morgan fingerprint density at radius 3 is 2.31 bits per heavy atom. The van der Waals surface area contributed by atoms with Crippen molar-refractivity contribution >= 4 is 51.6 Å². The molecule has 0 saturated carbocycles. The van der Waals surface area contributed by atoms with Gasteiger partial charge >= 0.3 is 12.2 Å². The lowest BCUT2D eigenvalue weighted by Crippen LogP contribution is -2.39. The number of thiophene rings is 2. The summed E-state index contributed by atoms with van der Waals surface area (Å²) in [5.41, 5.74) is 4.33. The molecule has 3 aromatic heterocycles. The lowest BCUT2D eigenvalue weighted by molar-refractivity contribution is -0.191. The second kappa shape index (κ2) is 13.6. The Kier molecular flexibility index (Phi) is 10.2. The molecule has 4 heterocycles. The normalized spacial score (nSPS) is 14.1. The summed E-state index contributed by atoms with van der Waals surface area (Å²) in [6, 6.07) is 3.94. The number of amides is 2. The van der Waals surface area contributed by atoms with Gasteiger partial charge in [-0.15, -0.1) is 22.7 Å². The minimum atomic E-state index is -0.546. The van der Waals surface area contributed by atoms with Crippen LogP contribution >= 0.6 is 22.7 Å². The maximum atomic E-state index is 13.0. The van der Waals surface area contributed by atoms with Crippen molar-refractivity contribution < 1.29 is 28.7 Å². The predicted octanol–water partition coefficient (Wildman–Crippen LogP) is 5.89. The van der Waals surface area contributed by atoms with E-state index in [1.54, 1.807) is 27.6 Å². The average Bonchev–Trinajstić information content (AvgIpc) is 3.67. The quantitative estimate of drug-likeness (QED) is 0.333. The van der Waals surface area contributed by atoms with Crippen molar-refractivity contribution in [2.24, 2.45) is 0 Å². The summed E-state index contributed by atoms with van der Waals surface area (Å²) in [6.45, 7) is 8.78. The van der Waals surface area contributed by atoms with Crippen LogP contribution in [0.5, 0.6) is 0 Å². The second-order valence-corrected chi connectivity index (χ2v) is 13.6. The Labute approximate surface area is 253 Å². The molecule has 1 aliphatic carbocycles. The van der Waals surface area contributed by atoms with E-state index in [1.165, 1.54) is 34.4 Å². The molecule has 42 heavy (non-hydrogen) atoms. The van der Waals surface area contributed by atoms with Gasteiger partial charge in [0, 0.05) is 35.1 Å².